The molecule has 2 aliphatic heterocycles. The summed E-state index contributed by atoms with van der Waals surface area (Å²) in [6, 6.07) is 12.4. The van der Waals surface area contributed by atoms with E-state index in [1.165, 1.54) is 14.7 Å². The molecule has 21 heavy (non-hydrogen) atoms. The van der Waals surface area contributed by atoms with E-state index in [0.29, 0.717) is 11.8 Å². The standard InChI is InChI=1S/C17H15ClINO/c1-20-8-14-12-6-10(18)2-4-16(12)21-17-5-3-11(19)7-13(17)15(14)9-20/h2-7,14-15H,8-9H2,1H3/t14-,15-/m0/s1. The number of hydrogen-bond donors (Lipinski definition) is 0. The first-order chi connectivity index (χ1) is 10.1. The Balaban J connectivity index is 1.93. The number of ether oxygens (including phenoxy) is 1. The van der Waals surface area contributed by atoms with Gasteiger partial charge in [0.25, 0.3) is 0 Å². The lowest BCUT2D eigenvalue weighted by Crippen LogP contribution is -2.14. The fourth-order valence-electron chi connectivity index (χ4n) is 3.55. The fraction of sp³-hybridized carbons (Fsp3) is 0.294. The molecule has 0 spiro atoms. The molecule has 0 radical (unpaired) electrons. The van der Waals surface area contributed by atoms with Crippen molar-refractivity contribution < 1.29 is 4.74 Å². The molecular weight excluding hydrogens is 397 g/mol. The van der Waals surface area contributed by atoms with E-state index in [9.17, 15) is 0 Å². The van der Waals surface area contributed by atoms with Crippen molar-refractivity contribution in [2.75, 3.05) is 20.1 Å². The first-order valence-electron chi connectivity index (χ1n) is 7.07. The number of benzene rings is 2. The minimum atomic E-state index is 0.447. The van der Waals surface area contributed by atoms with Crippen molar-refractivity contribution in [3.05, 3.63) is 56.1 Å². The van der Waals surface area contributed by atoms with Crippen LogP contribution in [0.15, 0.2) is 36.4 Å². The summed E-state index contributed by atoms with van der Waals surface area (Å²) in [5.41, 5.74) is 2.56. The van der Waals surface area contributed by atoms with Gasteiger partial charge in [0.2, 0.25) is 0 Å². The van der Waals surface area contributed by atoms with Crippen LogP contribution < -0.4 is 4.74 Å². The maximum absolute atomic E-state index is 6.22. The first-order valence-corrected chi connectivity index (χ1v) is 8.53. The van der Waals surface area contributed by atoms with Gasteiger partial charge in [-0.15, -0.1) is 0 Å². The van der Waals surface area contributed by atoms with E-state index in [1.807, 2.05) is 12.1 Å². The molecular formula is C17H15ClINO. The van der Waals surface area contributed by atoms with Crippen molar-refractivity contribution in [1.29, 1.82) is 0 Å². The number of hydrogen-bond acceptors (Lipinski definition) is 2. The zero-order valence-electron chi connectivity index (χ0n) is 11.6. The molecule has 2 aromatic carbocycles. The average Bonchev–Trinajstić information content (AvgIpc) is 2.79. The molecule has 0 unspecified atom stereocenters. The van der Waals surface area contributed by atoms with Gasteiger partial charge in [0.05, 0.1) is 0 Å². The van der Waals surface area contributed by atoms with Crippen molar-refractivity contribution >= 4 is 34.2 Å². The quantitative estimate of drug-likeness (QED) is 0.574. The highest BCUT2D eigenvalue weighted by Crippen LogP contribution is 2.50. The minimum Gasteiger partial charge on any atom is -0.457 e. The Morgan fingerprint density at radius 3 is 2.38 bits per heavy atom. The lowest BCUT2D eigenvalue weighted by molar-refractivity contribution is 0.401. The zero-order chi connectivity index (χ0) is 14.6. The maximum atomic E-state index is 6.22. The van der Waals surface area contributed by atoms with Gasteiger partial charge in [0.15, 0.2) is 0 Å². The predicted molar refractivity (Wildman–Crippen MR) is 93.7 cm³/mol. The van der Waals surface area contributed by atoms with E-state index in [4.69, 9.17) is 16.3 Å². The molecule has 0 aromatic heterocycles. The number of likely N-dealkylation sites (N-methyl/N-ethyl adjacent to an activating group) is 1. The molecule has 2 nitrogen and oxygen atoms in total. The van der Waals surface area contributed by atoms with Crippen LogP contribution in [0.3, 0.4) is 0 Å². The Morgan fingerprint density at radius 2 is 1.67 bits per heavy atom. The van der Waals surface area contributed by atoms with E-state index in [2.05, 4.69) is 58.8 Å². The van der Waals surface area contributed by atoms with Crippen LogP contribution in [0.4, 0.5) is 0 Å². The second-order valence-electron chi connectivity index (χ2n) is 5.90. The second kappa shape index (κ2) is 5.14. The van der Waals surface area contributed by atoms with Crippen LogP contribution in [-0.2, 0) is 0 Å². The molecule has 2 aliphatic rings. The largest absolute Gasteiger partial charge is 0.457 e. The van der Waals surface area contributed by atoms with E-state index in [1.54, 1.807) is 0 Å². The zero-order valence-corrected chi connectivity index (χ0v) is 14.6. The van der Waals surface area contributed by atoms with Crippen LogP contribution in [-0.4, -0.2) is 25.0 Å². The summed E-state index contributed by atoms with van der Waals surface area (Å²) in [7, 11) is 2.19. The fourth-order valence-corrected chi connectivity index (χ4v) is 4.25. The molecule has 0 N–H and O–H groups in total. The Kier molecular flexibility index (Phi) is 3.39. The molecule has 1 saturated heterocycles. The van der Waals surface area contributed by atoms with Crippen LogP contribution in [0.25, 0.3) is 0 Å². The summed E-state index contributed by atoms with van der Waals surface area (Å²) in [5.74, 6) is 2.86. The molecule has 4 rings (SSSR count). The lowest BCUT2D eigenvalue weighted by Gasteiger charge is -2.17. The highest BCUT2D eigenvalue weighted by Gasteiger charge is 2.38. The van der Waals surface area contributed by atoms with Gasteiger partial charge in [-0.3, -0.25) is 0 Å². The monoisotopic (exact) mass is 411 g/mol. The van der Waals surface area contributed by atoms with Crippen molar-refractivity contribution in [1.82, 2.24) is 4.90 Å². The van der Waals surface area contributed by atoms with Crippen molar-refractivity contribution in [3.63, 3.8) is 0 Å². The van der Waals surface area contributed by atoms with Gasteiger partial charge >= 0.3 is 0 Å². The van der Waals surface area contributed by atoms with Crippen molar-refractivity contribution in [2.45, 2.75) is 11.8 Å². The summed E-state index contributed by atoms with van der Waals surface area (Å²) in [6.45, 7) is 2.11. The summed E-state index contributed by atoms with van der Waals surface area (Å²) in [6.07, 6.45) is 0. The van der Waals surface area contributed by atoms with Gasteiger partial charge in [-0.2, -0.15) is 0 Å². The third-order valence-electron chi connectivity index (χ3n) is 4.46. The smallest absolute Gasteiger partial charge is 0.131 e. The molecule has 2 aromatic rings. The molecule has 0 aliphatic carbocycles. The summed E-state index contributed by atoms with van der Waals surface area (Å²) in [5, 5.41) is 0.784. The van der Waals surface area contributed by atoms with Crippen LogP contribution in [0, 0.1) is 3.57 Å². The van der Waals surface area contributed by atoms with Crippen LogP contribution in [0.1, 0.15) is 23.0 Å². The Bertz CT molecular complexity index is 658. The summed E-state index contributed by atoms with van der Waals surface area (Å²) >= 11 is 8.60. The lowest BCUT2D eigenvalue weighted by atomic mass is 9.84. The van der Waals surface area contributed by atoms with Gasteiger partial charge in [0.1, 0.15) is 11.5 Å². The molecule has 1 fully saturated rings. The van der Waals surface area contributed by atoms with Gasteiger partial charge in [0, 0.05) is 44.6 Å². The Hall–Kier alpha value is -0.780. The highest BCUT2D eigenvalue weighted by molar-refractivity contribution is 14.1. The van der Waals surface area contributed by atoms with Crippen LogP contribution >= 0.6 is 34.2 Å². The average molecular weight is 412 g/mol. The maximum Gasteiger partial charge on any atom is 0.131 e. The van der Waals surface area contributed by atoms with Gasteiger partial charge in [-0.1, -0.05) is 11.6 Å². The predicted octanol–water partition coefficient (Wildman–Crippen LogP) is 4.86. The molecule has 108 valence electrons. The number of rotatable bonds is 0. The normalized spacial score (nSPS) is 23.8. The molecule has 2 atom stereocenters. The van der Waals surface area contributed by atoms with E-state index < -0.39 is 0 Å². The van der Waals surface area contributed by atoms with Gasteiger partial charge in [-0.25, -0.2) is 0 Å². The topological polar surface area (TPSA) is 12.5 Å². The molecule has 0 amide bonds. The van der Waals surface area contributed by atoms with E-state index in [-0.39, 0.29) is 0 Å². The third-order valence-corrected chi connectivity index (χ3v) is 5.37. The summed E-state index contributed by atoms with van der Waals surface area (Å²) in [4.78, 5) is 2.40. The SMILES string of the molecule is CN1C[C@H]2c3cc(Cl)ccc3Oc3ccc(I)cc3[C@@H]2C1. The first kappa shape index (κ1) is 13.9. The number of fused-ring (bicyclic) bond motifs is 5. The summed E-state index contributed by atoms with van der Waals surface area (Å²) < 4.78 is 7.46. The number of likely N-dealkylation sites (tertiary alicyclic amines) is 1. The van der Waals surface area contributed by atoms with Crippen molar-refractivity contribution in [2.24, 2.45) is 0 Å². The molecule has 2 heterocycles. The van der Waals surface area contributed by atoms with Crippen LogP contribution in [0.2, 0.25) is 5.02 Å². The van der Waals surface area contributed by atoms with Crippen molar-refractivity contribution in [3.8, 4) is 11.5 Å². The molecule has 0 bridgehead atoms. The van der Waals surface area contributed by atoms with E-state index >= 15 is 0 Å². The second-order valence-corrected chi connectivity index (χ2v) is 7.58. The minimum absolute atomic E-state index is 0.447. The van der Waals surface area contributed by atoms with Crippen LogP contribution in [0.5, 0.6) is 11.5 Å². The van der Waals surface area contributed by atoms with Gasteiger partial charge < -0.3 is 9.64 Å². The van der Waals surface area contributed by atoms with Gasteiger partial charge in [-0.05, 0) is 66.0 Å². The molecule has 4 heteroatoms. The Labute approximate surface area is 143 Å². The Morgan fingerprint density at radius 1 is 1.05 bits per heavy atom. The number of nitrogens with zero attached hydrogens (tertiary/aromatic N) is 1. The van der Waals surface area contributed by atoms with E-state index in [0.717, 1.165) is 29.6 Å². The molecule has 0 saturated carbocycles. The third kappa shape index (κ3) is 2.35. The highest BCUT2D eigenvalue weighted by atomic mass is 127. The number of halogens is 2.